The normalized spacial score (nSPS) is 16.4. The number of aliphatic hydroxyl groups is 1. The van der Waals surface area contributed by atoms with Gasteiger partial charge >= 0.3 is 6.18 Å². The van der Waals surface area contributed by atoms with Crippen molar-refractivity contribution in [1.29, 1.82) is 0 Å². The number of rotatable bonds is 4. The minimum Gasteiger partial charge on any atom is -0.388 e. The van der Waals surface area contributed by atoms with Crippen LogP contribution in [0.25, 0.3) is 22.4 Å². The molecule has 4 heterocycles. The second-order valence-corrected chi connectivity index (χ2v) is 8.13. The monoisotopic (exact) mass is 459 g/mol. The first-order valence-corrected chi connectivity index (χ1v) is 10.3. The number of halogens is 3. The number of nitrogens with one attached hydrogen (secondary N) is 1. The van der Waals surface area contributed by atoms with Crippen molar-refractivity contribution < 1.29 is 18.3 Å². The summed E-state index contributed by atoms with van der Waals surface area (Å²) in [5.74, 6) is 0. The lowest BCUT2D eigenvalue weighted by molar-refractivity contribution is -0.137. The van der Waals surface area contributed by atoms with Gasteiger partial charge in [0.05, 0.1) is 41.5 Å². The van der Waals surface area contributed by atoms with Crippen molar-refractivity contribution >= 4 is 11.0 Å². The predicted octanol–water partition coefficient (Wildman–Crippen LogP) is 1.90. The van der Waals surface area contributed by atoms with Crippen LogP contribution in [0.15, 0.2) is 54.0 Å². The van der Waals surface area contributed by atoms with Gasteiger partial charge in [-0.1, -0.05) is 0 Å². The van der Waals surface area contributed by atoms with Crippen molar-refractivity contribution in [2.75, 3.05) is 13.1 Å². The second-order valence-electron chi connectivity index (χ2n) is 8.13. The molecule has 0 saturated carbocycles. The first kappa shape index (κ1) is 21.3. The Morgan fingerprint density at radius 3 is 2.42 bits per heavy atom. The minimum absolute atomic E-state index is 0.153. The second kappa shape index (κ2) is 7.81. The third-order valence-electron chi connectivity index (χ3n) is 5.82. The molecule has 1 saturated heterocycles. The van der Waals surface area contributed by atoms with Gasteiger partial charge < -0.3 is 10.4 Å². The Morgan fingerprint density at radius 1 is 1.06 bits per heavy atom. The standard InChI is InChI=1S/C21H20F3N7O2/c22-21(23,24)14-9-27-30(11-14)15-1-3-16(4-2-15)31-18-17(10-28-31)19(32)29(13-26-18)12-20(33)5-7-25-8-6-20/h1-4,9-11,13,25,33H,5-8,12H2. The number of aromatic nitrogens is 6. The summed E-state index contributed by atoms with van der Waals surface area (Å²) >= 11 is 0. The number of fused-ring (bicyclic) bond motifs is 1. The van der Waals surface area contributed by atoms with Gasteiger partial charge in [0.15, 0.2) is 5.65 Å². The maximum atomic E-state index is 13.0. The molecule has 1 aliphatic rings. The Morgan fingerprint density at radius 2 is 1.76 bits per heavy atom. The molecule has 2 N–H and O–H groups in total. The van der Waals surface area contributed by atoms with E-state index in [4.69, 9.17) is 0 Å². The van der Waals surface area contributed by atoms with Gasteiger partial charge in [0, 0.05) is 6.20 Å². The lowest BCUT2D eigenvalue weighted by Gasteiger charge is -2.32. The van der Waals surface area contributed by atoms with Gasteiger partial charge in [0.1, 0.15) is 11.7 Å². The van der Waals surface area contributed by atoms with Crippen molar-refractivity contribution in [3.8, 4) is 11.4 Å². The molecule has 0 aliphatic carbocycles. The lowest BCUT2D eigenvalue weighted by Crippen LogP contribution is -2.46. The Bertz CT molecular complexity index is 1350. The molecule has 172 valence electrons. The third-order valence-corrected chi connectivity index (χ3v) is 5.82. The van der Waals surface area contributed by atoms with E-state index in [0.29, 0.717) is 48.3 Å². The highest BCUT2D eigenvalue weighted by atomic mass is 19.4. The van der Waals surface area contributed by atoms with Crippen LogP contribution in [0.2, 0.25) is 0 Å². The van der Waals surface area contributed by atoms with Crippen LogP contribution in [0.4, 0.5) is 13.2 Å². The fraction of sp³-hybridized carbons (Fsp3) is 0.333. The first-order chi connectivity index (χ1) is 15.7. The fourth-order valence-corrected chi connectivity index (χ4v) is 3.97. The summed E-state index contributed by atoms with van der Waals surface area (Å²) in [6, 6.07) is 6.51. The Kier molecular flexibility index (Phi) is 5.05. The van der Waals surface area contributed by atoms with Crippen LogP contribution in [0.5, 0.6) is 0 Å². The van der Waals surface area contributed by atoms with E-state index in [-0.39, 0.29) is 12.1 Å². The molecule has 0 atom stereocenters. The fourth-order valence-electron chi connectivity index (χ4n) is 3.97. The van der Waals surface area contributed by atoms with Gasteiger partial charge in [-0.3, -0.25) is 9.36 Å². The van der Waals surface area contributed by atoms with Crippen LogP contribution in [-0.4, -0.2) is 52.9 Å². The van der Waals surface area contributed by atoms with E-state index in [0.717, 1.165) is 17.1 Å². The zero-order valence-electron chi connectivity index (χ0n) is 17.3. The molecule has 0 unspecified atom stereocenters. The van der Waals surface area contributed by atoms with Gasteiger partial charge in [-0.05, 0) is 50.2 Å². The van der Waals surface area contributed by atoms with Crippen molar-refractivity contribution in [2.24, 2.45) is 0 Å². The van der Waals surface area contributed by atoms with E-state index in [1.807, 2.05) is 0 Å². The van der Waals surface area contributed by atoms with Crippen LogP contribution in [0.3, 0.4) is 0 Å². The quantitative estimate of drug-likeness (QED) is 0.483. The molecule has 1 aromatic carbocycles. The van der Waals surface area contributed by atoms with Gasteiger partial charge in [-0.15, -0.1) is 0 Å². The van der Waals surface area contributed by atoms with Gasteiger partial charge in [-0.2, -0.15) is 23.4 Å². The van der Waals surface area contributed by atoms with Crippen molar-refractivity contribution in [3.05, 3.63) is 65.1 Å². The first-order valence-electron chi connectivity index (χ1n) is 10.3. The number of benzene rings is 1. The number of hydrogen-bond acceptors (Lipinski definition) is 6. The SMILES string of the molecule is O=c1c2cnn(-c3ccc(-n4cc(C(F)(F)F)cn4)cc3)c2ncn1CC1(O)CCNCC1. The highest BCUT2D eigenvalue weighted by Gasteiger charge is 2.32. The van der Waals surface area contributed by atoms with Crippen molar-refractivity contribution in [3.63, 3.8) is 0 Å². The topological polar surface area (TPSA) is 103 Å². The van der Waals surface area contributed by atoms with Crippen LogP contribution >= 0.6 is 0 Å². The van der Waals surface area contributed by atoms with E-state index in [1.54, 1.807) is 24.3 Å². The maximum Gasteiger partial charge on any atom is 0.419 e. The van der Waals surface area contributed by atoms with Crippen molar-refractivity contribution in [2.45, 2.75) is 31.2 Å². The Labute approximate surface area is 185 Å². The van der Waals surface area contributed by atoms with Crippen molar-refractivity contribution in [1.82, 2.24) is 34.4 Å². The van der Waals surface area contributed by atoms with E-state index >= 15 is 0 Å². The molecule has 0 spiro atoms. The zero-order chi connectivity index (χ0) is 23.2. The largest absolute Gasteiger partial charge is 0.419 e. The van der Waals surface area contributed by atoms with Crippen LogP contribution in [0.1, 0.15) is 18.4 Å². The molecule has 9 nitrogen and oxygen atoms in total. The smallest absolute Gasteiger partial charge is 0.388 e. The number of hydrogen-bond donors (Lipinski definition) is 2. The van der Waals surface area contributed by atoms with Gasteiger partial charge in [0.2, 0.25) is 0 Å². The molecule has 4 aromatic rings. The van der Waals surface area contributed by atoms with Crippen LogP contribution in [-0.2, 0) is 12.7 Å². The molecule has 0 bridgehead atoms. The molecule has 3 aromatic heterocycles. The summed E-state index contributed by atoms with van der Waals surface area (Å²) in [4.78, 5) is 17.3. The number of alkyl halides is 3. The highest BCUT2D eigenvalue weighted by molar-refractivity contribution is 5.75. The summed E-state index contributed by atoms with van der Waals surface area (Å²) < 4.78 is 42.5. The van der Waals surface area contributed by atoms with Crippen LogP contribution < -0.4 is 10.9 Å². The molecule has 1 aliphatic heterocycles. The average Bonchev–Trinajstić information content (AvgIpc) is 3.44. The average molecular weight is 459 g/mol. The van der Waals surface area contributed by atoms with Gasteiger partial charge in [-0.25, -0.2) is 14.3 Å². The number of nitrogens with zero attached hydrogens (tertiary/aromatic N) is 6. The minimum atomic E-state index is -4.46. The molecule has 0 radical (unpaired) electrons. The third kappa shape index (κ3) is 4.02. The van der Waals surface area contributed by atoms with E-state index in [1.165, 1.54) is 21.8 Å². The summed E-state index contributed by atoms with van der Waals surface area (Å²) in [6.45, 7) is 1.52. The van der Waals surface area contributed by atoms with Gasteiger partial charge in [0.25, 0.3) is 5.56 Å². The Balaban J connectivity index is 1.43. The molecular formula is C21H20F3N7O2. The lowest BCUT2D eigenvalue weighted by atomic mass is 9.92. The molecule has 5 rings (SSSR count). The zero-order valence-corrected chi connectivity index (χ0v) is 17.3. The number of piperidine rings is 1. The summed E-state index contributed by atoms with van der Waals surface area (Å²) in [7, 11) is 0. The summed E-state index contributed by atoms with van der Waals surface area (Å²) in [6.07, 6.45) is 1.13. The van der Waals surface area contributed by atoms with E-state index < -0.39 is 17.3 Å². The molecular weight excluding hydrogens is 439 g/mol. The molecule has 33 heavy (non-hydrogen) atoms. The van der Waals surface area contributed by atoms with Crippen LogP contribution in [0, 0.1) is 0 Å². The van der Waals surface area contributed by atoms with E-state index in [2.05, 4.69) is 20.5 Å². The molecule has 12 heteroatoms. The molecule has 1 fully saturated rings. The summed E-state index contributed by atoms with van der Waals surface area (Å²) in [5, 5.41) is 22.3. The summed E-state index contributed by atoms with van der Waals surface area (Å²) in [5.41, 5.74) is -0.728. The highest BCUT2D eigenvalue weighted by Crippen LogP contribution is 2.29. The predicted molar refractivity (Wildman–Crippen MR) is 112 cm³/mol. The Hall–Kier alpha value is -3.51. The molecule has 0 amide bonds. The maximum absolute atomic E-state index is 13.0. The van der Waals surface area contributed by atoms with E-state index in [9.17, 15) is 23.1 Å².